The van der Waals surface area contributed by atoms with Crippen molar-refractivity contribution >= 4 is 15.8 Å². The maximum Gasteiger partial charge on any atom is 0.321 e. The first-order valence-electron chi connectivity index (χ1n) is 3.98. The molecule has 0 aromatic carbocycles. The van der Waals surface area contributed by atoms with E-state index in [2.05, 4.69) is 0 Å². The molecule has 12 heavy (non-hydrogen) atoms. The van der Waals surface area contributed by atoms with Crippen LogP contribution in [0, 0.1) is 0 Å². The smallest absolute Gasteiger partial charge is 0.321 e. The van der Waals surface area contributed by atoms with E-state index >= 15 is 0 Å². The van der Waals surface area contributed by atoms with E-state index in [0.29, 0.717) is 12.8 Å². The van der Waals surface area contributed by atoms with E-state index in [1.807, 2.05) is 0 Å². The number of sulfone groups is 1. The third-order valence-electron chi connectivity index (χ3n) is 2.10. The Bertz CT molecular complexity index is 267. The average Bonchev–Trinajstić information content (AvgIpc) is 2.09. The molecule has 0 aromatic heterocycles. The van der Waals surface area contributed by atoms with Gasteiger partial charge in [0.1, 0.15) is 0 Å². The van der Waals surface area contributed by atoms with Crippen LogP contribution in [0.1, 0.15) is 25.7 Å². The van der Waals surface area contributed by atoms with Crippen LogP contribution in [0.25, 0.3) is 0 Å². The number of hydrogen-bond acceptors (Lipinski definition) is 3. The van der Waals surface area contributed by atoms with Crippen LogP contribution < -0.4 is 0 Å². The van der Waals surface area contributed by atoms with E-state index in [0.717, 1.165) is 6.42 Å². The molecule has 1 heterocycles. The van der Waals surface area contributed by atoms with Crippen LogP contribution in [0.5, 0.6) is 0 Å². The van der Waals surface area contributed by atoms with Gasteiger partial charge in [0.2, 0.25) is 0 Å². The van der Waals surface area contributed by atoms with Gasteiger partial charge in [-0.15, -0.1) is 0 Å². The largest absolute Gasteiger partial charge is 0.480 e. The van der Waals surface area contributed by atoms with E-state index < -0.39 is 21.1 Å². The lowest BCUT2D eigenvalue weighted by atomic mass is 10.2. The fraction of sp³-hybridized carbons (Fsp3) is 0.857. The summed E-state index contributed by atoms with van der Waals surface area (Å²) < 4.78 is 22.5. The molecule has 4 nitrogen and oxygen atoms in total. The van der Waals surface area contributed by atoms with Crippen molar-refractivity contribution in [3.63, 3.8) is 0 Å². The number of hydrogen-bond donors (Lipinski definition) is 1. The summed E-state index contributed by atoms with van der Waals surface area (Å²) in [7, 11) is -3.36. The number of rotatable bonds is 1. The van der Waals surface area contributed by atoms with Gasteiger partial charge in [0.05, 0.1) is 5.75 Å². The van der Waals surface area contributed by atoms with Crippen molar-refractivity contribution in [2.75, 3.05) is 5.75 Å². The quantitative estimate of drug-likeness (QED) is 0.654. The molecule has 0 bridgehead atoms. The predicted octanol–water partition coefficient (Wildman–Crippen LogP) is 0.428. The fourth-order valence-electron chi connectivity index (χ4n) is 1.41. The van der Waals surface area contributed by atoms with Gasteiger partial charge in [-0.2, -0.15) is 0 Å². The lowest BCUT2D eigenvalue weighted by Gasteiger charge is -2.07. The number of aliphatic carboxylic acids is 1. The van der Waals surface area contributed by atoms with Gasteiger partial charge in [-0.1, -0.05) is 12.8 Å². The second kappa shape index (κ2) is 3.43. The predicted molar refractivity (Wildman–Crippen MR) is 43.7 cm³/mol. The maximum atomic E-state index is 11.3. The van der Waals surface area contributed by atoms with Crippen LogP contribution in [0.2, 0.25) is 0 Å². The Hall–Kier alpha value is -0.580. The van der Waals surface area contributed by atoms with Crippen molar-refractivity contribution in [2.45, 2.75) is 30.9 Å². The zero-order valence-corrected chi connectivity index (χ0v) is 7.51. The Labute approximate surface area is 71.5 Å². The van der Waals surface area contributed by atoms with E-state index in [9.17, 15) is 13.2 Å². The number of carboxylic acids is 1. The van der Waals surface area contributed by atoms with E-state index in [4.69, 9.17) is 5.11 Å². The monoisotopic (exact) mass is 192 g/mol. The van der Waals surface area contributed by atoms with Crippen molar-refractivity contribution in [3.8, 4) is 0 Å². The summed E-state index contributed by atoms with van der Waals surface area (Å²) in [5, 5.41) is 7.47. The Morgan fingerprint density at radius 2 is 1.92 bits per heavy atom. The second-order valence-electron chi connectivity index (χ2n) is 3.04. The molecule has 70 valence electrons. The molecule has 0 saturated carbocycles. The number of carboxylic acid groups (broad SMARTS) is 1. The van der Waals surface area contributed by atoms with Crippen molar-refractivity contribution in [1.29, 1.82) is 0 Å². The van der Waals surface area contributed by atoms with Gasteiger partial charge in [0.15, 0.2) is 15.1 Å². The molecule has 1 atom stereocenters. The molecule has 1 aliphatic heterocycles. The van der Waals surface area contributed by atoms with Crippen molar-refractivity contribution < 1.29 is 18.3 Å². The van der Waals surface area contributed by atoms with Crippen LogP contribution in [0.4, 0.5) is 0 Å². The Balaban J connectivity index is 2.87. The summed E-state index contributed by atoms with van der Waals surface area (Å²) in [5.41, 5.74) is 0. The average molecular weight is 192 g/mol. The van der Waals surface area contributed by atoms with Crippen LogP contribution in [0.3, 0.4) is 0 Å². The van der Waals surface area contributed by atoms with E-state index in [1.54, 1.807) is 0 Å². The minimum Gasteiger partial charge on any atom is -0.480 e. The minimum absolute atomic E-state index is 0.0317. The lowest BCUT2D eigenvalue weighted by molar-refractivity contribution is -0.136. The molecule has 1 N–H and O–H groups in total. The first-order chi connectivity index (χ1) is 5.54. The summed E-state index contributed by atoms with van der Waals surface area (Å²) in [6.07, 6.45) is 2.41. The summed E-state index contributed by atoms with van der Waals surface area (Å²) in [6, 6.07) is 0. The van der Waals surface area contributed by atoms with Gasteiger partial charge in [0.25, 0.3) is 0 Å². The standard InChI is InChI=1S/C7H12O4S/c8-7(9)6-4-2-1-3-5-12(6,10)11/h6H,1-5H2,(H,8,9). The molecule has 0 aromatic rings. The van der Waals surface area contributed by atoms with Crippen LogP contribution in [-0.2, 0) is 14.6 Å². The molecule has 1 rings (SSSR count). The molecule has 0 aliphatic carbocycles. The van der Waals surface area contributed by atoms with Gasteiger partial charge in [-0.05, 0) is 12.8 Å². The van der Waals surface area contributed by atoms with Crippen molar-refractivity contribution in [3.05, 3.63) is 0 Å². The van der Waals surface area contributed by atoms with Crippen LogP contribution in [0.15, 0.2) is 0 Å². The van der Waals surface area contributed by atoms with Crippen LogP contribution in [-0.4, -0.2) is 30.5 Å². The second-order valence-corrected chi connectivity index (χ2v) is 5.35. The third kappa shape index (κ3) is 1.97. The van der Waals surface area contributed by atoms with Crippen molar-refractivity contribution in [2.24, 2.45) is 0 Å². The van der Waals surface area contributed by atoms with Gasteiger partial charge in [-0.25, -0.2) is 8.42 Å². The lowest BCUT2D eigenvalue weighted by Crippen LogP contribution is -2.30. The molecule has 1 unspecified atom stereocenters. The summed E-state index contributed by atoms with van der Waals surface area (Å²) in [6.45, 7) is 0. The SMILES string of the molecule is O=C(O)C1CCCCCS1(=O)=O. The maximum absolute atomic E-state index is 11.3. The van der Waals surface area contributed by atoms with Gasteiger partial charge < -0.3 is 5.11 Å². The van der Waals surface area contributed by atoms with Gasteiger partial charge in [0, 0.05) is 0 Å². The van der Waals surface area contributed by atoms with E-state index in [-0.39, 0.29) is 12.2 Å². The molecule has 0 spiro atoms. The number of carbonyl (C=O) groups is 1. The summed E-state index contributed by atoms with van der Waals surface area (Å²) >= 11 is 0. The van der Waals surface area contributed by atoms with E-state index in [1.165, 1.54) is 0 Å². The van der Waals surface area contributed by atoms with Crippen LogP contribution >= 0.6 is 0 Å². The Morgan fingerprint density at radius 3 is 2.50 bits per heavy atom. The normalized spacial score (nSPS) is 29.2. The van der Waals surface area contributed by atoms with Gasteiger partial charge >= 0.3 is 5.97 Å². The van der Waals surface area contributed by atoms with Gasteiger partial charge in [-0.3, -0.25) is 4.79 Å². The Morgan fingerprint density at radius 1 is 1.25 bits per heavy atom. The zero-order valence-electron chi connectivity index (χ0n) is 6.69. The first-order valence-corrected chi connectivity index (χ1v) is 5.70. The zero-order chi connectivity index (χ0) is 9.19. The summed E-state index contributed by atoms with van der Waals surface area (Å²) in [4.78, 5) is 10.5. The highest BCUT2D eigenvalue weighted by atomic mass is 32.2. The molecular weight excluding hydrogens is 180 g/mol. The summed E-state index contributed by atoms with van der Waals surface area (Å²) in [5.74, 6) is -1.17. The molecule has 1 fully saturated rings. The molecule has 1 aliphatic rings. The first kappa shape index (κ1) is 9.51. The fourth-order valence-corrected chi connectivity index (χ4v) is 3.13. The highest BCUT2D eigenvalue weighted by Crippen LogP contribution is 2.18. The minimum atomic E-state index is -3.36. The molecule has 5 heteroatoms. The van der Waals surface area contributed by atoms with Crippen molar-refractivity contribution in [1.82, 2.24) is 0 Å². The topological polar surface area (TPSA) is 71.4 Å². The third-order valence-corrected chi connectivity index (χ3v) is 4.27. The molecule has 0 amide bonds. The highest BCUT2D eigenvalue weighted by Gasteiger charge is 2.32. The molecule has 1 saturated heterocycles. The highest BCUT2D eigenvalue weighted by molar-refractivity contribution is 7.92. The molecule has 0 radical (unpaired) electrons. The molecular formula is C7H12O4S. The Kier molecular flexibility index (Phi) is 2.72.